The minimum atomic E-state index is 0.265. The number of hydrogen-bond acceptors (Lipinski definition) is 4. The summed E-state index contributed by atoms with van der Waals surface area (Å²) in [5, 5.41) is 0. The van der Waals surface area contributed by atoms with Gasteiger partial charge in [-0.25, -0.2) is 0 Å². The Hall–Kier alpha value is -1.72. The van der Waals surface area contributed by atoms with E-state index in [9.17, 15) is 0 Å². The second-order valence-electron chi connectivity index (χ2n) is 4.98. The van der Waals surface area contributed by atoms with Gasteiger partial charge in [-0.2, -0.15) is 0 Å². The summed E-state index contributed by atoms with van der Waals surface area (Å²) in [6.45, 7) is 3.21. The van der Waals surface area contributed by atoms with E-state index < -0.39 is 0 Å². The molecule has 0 atom stereocenters. The van der Waals surface area contributed by atoms with Gasteiger partial charge in [-0.3, -0.25) is 0 Å². The van der Waals surface area contributed by atoms with Crippen molar-refractivity contribution in [1.29, 1.82) is 0 Å². The Morgan fingerprint density at radius 2 is 2.14 bits per heavy atom. The van der Waals surface area contributed by atoms with Gasteiger partial charge in [-0.05, 0) is 42.8 Å². The van der Waals surface area contributed by atoms with Gasteiger partial charge in [0, 0.05) is 21.3 Å². The maximum absolute atomic E-state index is 5.93. The summed E-state index contributed by atoms with van der Waals surface area (Å²) < 4.78 is 17.8. The van der Waals surface area contributed by atoms with Crippen molar-refractivity contribution in [3.63, 3.8) is 0 Å². The van der Waals surface area contributed by atoms with Crippen LogP contribution in [-0.2, 0) is 18.0 Å². The Morgan fingerprint density at radius 1 is 1.29 bits per heavy atom. The number of aryl methyl sites for hydroxylation is 1. The Labute approximate surface area is 131 Å². The van der Waals surface area contributed by atoms with Gasteiger partial charge in [-0.15, -0.1) is 0 Å². The van der Waals surface area contributed by atoms with E-state index in [1.807, 2.05) is 37.3 Å². The van der Waals surface area contributed by atoms with E-state index in [1.165, 1.54) is 0 Å². The fraction of sp³-hybridized carbons (Fsp3) is 0.250. The molecule has 0 spiro atoms. The molecule has 0 unspecified atom stereocenters. The summed E-state index contributed by atoms with van der Waals surface area (Å²) in [5.41, 5.74) is 9.60. The van der Waals surface area contributed by atoms with Gasteiger partial charge in [0.2, 0.25) is 0 Å². The molecule has 0 bridgehead atoms. The lowest BCUT2D eigenvalue weighted by molar-refractivity contribution is -0.0175. The number of anilines is 1. The third-order valence-electron chi connectivity index (χ3n) is 3.33. The van der Waals surface area contributed by atoms with Crippen LogP contribution in [0.15, 0.2) is 34.8 Å². The highest BCUT2D eigenvalue weighted by Crippen LogP contribution is 2.32. The first-order valence-corrected chi connectivity index (χ1v) is 7.43. The number of nitrogens with two attached hydrogens (primary N) is 1. The van der Waals surface area contributed by atoms with Crippen molar-refractivity contribution < 1.29 is 14.2 Å². The predicted octanol–water partition coefficient (Wildman–Crippen LogP) is 3.79. The lowest BCUT2D eigenvalue weighted by Gasteiger charge is -2.21. The fourth-order valence-electron chi connectivity index (χ4n) is 2.36. The molecule has 0 amide bonds. The molecule has 5 heteroatoms. The maximum Gasteiger partial charge on any atom is 0.189 e. The molecule has 110 valence electrons. The Balaban J connectivity index is 1.83. The van der Waals surface area contributed by atoms with Gasteiger partial charge in [0.15, 0.2) is 6.79 Å². The van der Waals surface area contributed by atoms with E-state index in [4.69, 9.17) is 19.9 Å². The van der Waals surface area contributed by atoms with Crippen molar-refractivity contribution in [3.8, 4) is 11.5 Å². The quantitative estimate of drug-likeness (QED) is 0.856. The van der Waals surface area contributed by atoms with Crippen LogP contribution in [0.25, 0.3) is 0 Å². The molecule has 0 saturated carbocycles. The summed E-state index contributed by atoms with van der Waals surface area (Å²) >= 11 is 3.45. The predicted molar refractivity (Wildman–Crippen MR) is 84.3 cm³/mol. The molecule has 0 fully saturated rings. The number of hydrogen-bond donors (Lipinski definition) is 1. The third-order valence-corrected chi connectivity index (χ3v) is 3.82. The highest BCUT2D eigenvalue weighted by Gasteiger charge is 2.16. The van der Waals surface area contributed by atoms with Crippen LogP contribution in [0.1, 0.15) is 16.7 Å². The van der Waals surface area contributed by atoms with Crippen LogP contribution >= 0.6 is 15.9 Å². The van der Waals surface area contributed by atoms with Crippen molar-refractivity contribution in [2.45, 2.75) is 20.1 Å². The highest BCUT2D eigenvalue weighted by molar-refractivity contribution is 9.10. The molecule has 0 aromatic heterocycles. The molecule has 2 N–H and O–H groups in total. The summed E-state index contributed by atoms with van der Waals surface area (Å²) in [4.78, 5) is 0. The number of fused-ring (bicyclic) bond motifs is 1. The first kappa shape index (κ1) is 14.2. The number of benzene rings is 2. The molecule has 2 aromatic rings. The second kappa shape index (κ2) is 5.95. The SMILES string of the molecule is Cc1cc(Br)ccc1OCc1cc(N)cc2c1OCOC2. The van der Waals surface area contributed by atoms with Crippen LogP contribution in [0, 0.1) is 6.92 Å². The van der Waals surface area contributed by atoms with E-state index >= 15 is 0 Å². The third kappa shape index (κ3) is 3.14. The first-order chi connectivity index (χ1) is 10.1. The summed E-state index contributed by atoms with van der Waals surface area (Å²) in [6, 6.07) is 9.69. The number of halogens is 1. The maximum atomic E-state index is 5.93. The van der Waals surface area contributed by atoms with Crippen LogP contribution in [0.2, 0.25) is 0 Å². The molecule has 1 heterocycles. The molecule has 3 rings (SSSR count). The number of nitrogen functional groups attached to an aromatic ring is 1. The second-order valence-corrected chi connectivity index (χ2v) is 5.89. The number of ether oxygens (including phenoxy) is 3. The molecule has 1 aliphatic heterocycles. The monoisotopic (exact) mass is 349 g/mol. The van der Waals surface area contributed by atoms with Gasteiger partial charge in [0.25, 0.3) is 0 Å². The summed E-state index contributed by atoms with van der Waals surface area (Å²) in [6.07, 6.45) is 0. The number of rotatable bonds is 3. The Morgan fingerprint density at radius 3 is 2.95 bits per heavy atom. The van der Waals surface area contributed by atoms with E-state index in [1.54, 1.807) is 0 Å². The van der Waals surface area contributed by atoms with Gasteiger partial charge in [-0.1, -0.05) is 15.9 Å². The standard InChI is InChI=1S/C16H16BrNO3/c1-10-4-13(17)2-3-15(10)20-8-12-6-14(18)5-11-7-19-9-21-16(11)12/h2-6H,7-9,18H2,1H3. The molecule has 0 radical (unpaired) electrons. The molecular formula is C16H16BrNO3. The van der Waals surface area contributed by atoms with Crippen LogP contribution in [0.5, 0.6) is 11.5 Å². The van der Waals surface area contributed by atoms with Crippen molar-refractivity contribution in [2.24, 2.45) is 0 Å². The van der Waals surface area contributed by atoms with Crippen molar-refractivity contribution in [2.75, 3.05) is 12.5 Å². The zero-order valence-electron chi connectivity index (χ0n) is 11.7. The van der Waals surface area contributed by atoms with E-state index in [0.29, 0.717) is 18.9 Å². The first-order valence-electron chi connectivity index (χ1n) is 6.64. The van der Waals surface area contributed by atoms with Gasteiger partial charge in [0.1, 0.15) is 18.1 Å². The lowest BCUT2D eigenvalue weighted by atomic mass is 10.1. The molecule has 21 heavy (non-hydrogen) atoms. The molecule has 0 saturated heterocycles. The zero-order chi connectivity index (χ0) is 14.8. The van der Waals surface area contributed by atoms with Crippen LogP contribution < -0.4 is 15.2 Å². The molecule has 0 aliphatic carbocycles. The van der Waals surface area contributed by atoms with Gasteiger partial charge >= 0.3 is 0 Å². The average Bonchev–Trinajstić information content (AvgIpc) is 2.46. The highest BCUT2D eigenvalue weighted by atomic mass is 79.9. The topological polar surface area (TPSA) is 53.7 Å². The van der Waals surface area contributed by atoms with Gasteiger partial charge in [0.05, 0.1) is 6.61 Å². The minimum Gasteiger partial charge on any atom is -0.488 e. The summed E-state index contributed by atoms with van der Waals surface area (Å²) in [7, 11) is 0. The Kier molecular flexibility index (Phi) is 4.03. The van der Waals surface area contributed by atoms with E-state index in [-0.39, 0.29) is 6.79 Å². The normalized spacial score (nSPS) is 13.4. The zero-order valence-corrected chi connectivity index (χ0v) is 13.3. The average molecular weight is 350 g/mol. The fourth-order valence-corrected chi connectivity index (χ4v) is 2.84. The van der Waals surface area contributed by atoms with Gasteiger partial charge < -0.3 is 19.9 Å². The summed E-state index contributed by atoms with van der Waals surface area (Å²) in [5.74, 6) is 1.67. The van der Waals surface area contributed by atoms with Crippen LogP contribution in [-0.4, -0.2) is 6.79 Å². The van der Waals surface area contributed by atoms with Crippen molar-refractivity contribution in [1.82, 2.24) is 0 Å². The largest absolute Gasteiger partial charge is 0.488 e. The molecular weight excluding hydrogens is 334 g/mol. The van der Waals surface area contributed by atoms with E-state index in [0.717, 1.165) is 32.7 Å². The van der Waals surface area contributed by atoms with Crippen LogP contribution in [0.3, 0.4) is 0 Å². The molecule has 4 nitrogen and oxygen atoms in total. The smallest absolute Gasteiger partial charge is 0.189 e. The lowest BCUT2D eigenvalue weighted by Crippen LogP contribution is -2.14. The molecule has 1 aliphatic rings. The van der Waals surface area contributed by atoms with Crippen molar-refractivity contribution >= 4 is 21.6 Å². The van der Waals surface area contributed by atoms with Crippen LogP contribution in [0.4, 0.5) is 5.69 Å². The minimum absolute atomic E-state index is 0.265. The Bertz CT molecular complexity index is 673. The van der Waals surface area contributed by atoms with E-state index in [2.05, 4.69) is 15.9 Å². The molecule has 2 aromatic carbocycles. The van der Waals surface area contributed by atoms with Crippen molar-refractivity contribution in [3.05, 3.63) is 51.5 Å².